The average molecular weight is 399 g/mol. The van der Waals surface area contributed by atoms with Crippen molar-refractivity contribution in [2.75, 3.05) is 13.2 Å². The number of allylic oxidation sites excluding steroid dienone is 2. The number of aliphatic hydroxyl groups is 1. The predicted molar refractivity (Wildman–Crippen MR) is 113 cm³/mol. The second kappa shape index (κ2) is 20.4. The molecule has 0 amide bonds. The minimum Gasteiger partial charge on any atom is -0.462 e. The van der Waals surface area contributed by atoms with E-state index in [1.165, 1.54) is 64.7 Å². The second-order valence-electron chi connectivity index (χ2n) is 7.43. The van der Waals surface area contributed by atoms with E-state index in [4.69, 9.17) is 14.6 Å². The van der Waals surface area contributed by atoms with E-state index in [2.05, 4.69) is 19.1 Å². The number of aliphatic hydroxyl groups excluding tert-OH is 1. The van der Waals surface area contributed by atoms with E-state index < -0.39 is 12.1 Å². The lowest BCUT2D eigenvalue weighted by Crippen LogP contribution is -2.27. The fourth-order valence-corrected chi connectivity index (χ4v) is 2.96. The van der Waals surface area contributed by atoms with Gasteiger partial charge in [0.25, 0.3) is 0 Å². The largest absolute Gasteiger partial charge is 0.462 e. The highest BCUT2D eigenvalue weighted by Crippen LogP contribution is 2.10. The zero-order valence-electron chi connectivity index (χ0n) is 18.1. The van der Waals surface area contributed by atoms with Crippen LogP contribution in [0.4, 0.5) is 0 Å². The van der Waals surface area contributed by atoms with Crippen molar-refractivity contribution in [3.8, 4) is 0 Å². The Labute approximate surface area is 171 Å². The van der Waals surface area contributed by atoms with Crippen LogP contribution in [0.5, 0.6) is 0 Å². The molecule has 0 saturated heterocycles. The number of rotatable bonds is 19. The zero-order chi connectivity index (χ0) is 20.9. The molecule has 0 rings (SSSR count). The van der Waals surface area contributed by atoms with Gasteiger partial charge in [0, 0.05) is 13.3 Å². The van der Waals surface area contributed by atoms with Crippen molar-refractivity contribution in [3.63, 3.8) is 0 Å². The normalized spacial score (nSPS) is 12.2. The van der Waals surface area contributed by atoms with Crippen LogP contribution in [0.1, 0.15) is 104 Å². The SMILES string of the molecule is CCCCCCCC/C=C/CCCCCCCC(=O)OC[C@H](CO)OC(C)=O. The summed E-state index contributed by atoms with van der Waals surface area (Å²) in [6.07, 6.45) is 20.1. The highest BCUT2D eigenvalue weighted by Gasteiger charge is 2.13. The third kappa shape index (κ3) is 19.4. The van der Waals surface area contributed by atoms with Crippen molar-refractivity contribution >= 4 is 11.9 Å². The maximum absolute atomic E-state index is 11.6. The maximum atomic E-state index is 11.6. The summed E-state index contributed by atoms with van der Waals surface area (Å²) in [4.78, 5) is 22.4. The third-order valence-electron chi connectivity index (χ3n) is 4.61. The lowest BCUT2D eigenvalue weighted by molar-refractivity contribution is -0.159. The van der Waals surface area contributed by atoms with Gasteiger partial charge >= 0.3 is 11.9 Å². The van der Waals surface area contributed by atoms with Gasteiger partial charge < -0.3 is 14.6 Å². The molecule has 164 valence electrons. The van der Waals surface area contributed by atoms with Crippen molar-refractivity contribution in [2.24, 2.45) is 0 Å². The number of hydrogen-bond acceptors (Lipinski definition) is 5. The Balaban J connectivity index is 3.39. The van der Waals surface area contributed by atoms with Gasteiger partial charge in [0.15, 0.2) is 6.10 Å². The van der Waals surface area contributed by atoms with E-state index in [1.807, 2.05) is 0 Å². The molecule has 0 aliphatic carbocycles. The number of carbonyl (C=O) groups is 2. The van der Waals surface area contributed by atoms with Gasteiger partial charge in [-0.3, -0.25) is 9.59 Å². The van der Waals surface area contributed by atoms with E-state index >= 15 is 0 Å². The first kappa shape index (κ1) is 26.6. The first-order valence-corrected chi connectivity index (χ1v) is 11.2. The Morgan fingerprint density at radius 2 is 1.39 bits per heavy atom. The van der Waals surface area contributed by atoms with E-state index in [9.17, 15) is 9.59 Å². The van der Waals surface area contributed by atoms with E-state index in [0.717, 1.165) is 25.7 Å². The second-order valence-corrected chi connectivity index (χ2v) is 7.43. The summed E-state index contributed by atoms with van der Waals surface area (Å²) < 4.78 is 9.84. The molecule has 0 bridgehead atoms. The molecule has 0 spiro atoms. The Morgan fingerprint density at radius 3 is 1.93 bits per heavy atom. The number of ether oxygens (including phenoxy) is 2. The molecule has 0 fully saturated rings. The van der Waals surface area contributed by atoms with Crippen molar-refractivity contribution < 1.29 is 24.2 Å². The standard InChI is InChI=1S/C23H42O5/c1-3-4-5-6-7-8-9-10-11-12-13-14-15-16-17-18-23(26)27-20-22(19-24)28-21(2)25/h10-11,22,24H,3-9,12-20H2,1-2H3/b11-10+/t22-/m0/s1. The lowest BCUT2D eigenvalue weighted by Gasteiger charge is -2.14. The quantitative estimate of drug-likeness (QED) is 0.177. The van der Waals surface area contributed by atoms with Crippen LogP contribution in [0.25, 0.3) is 0 Å². The Bertz CT molecular complexity index is 406. The van der Waals surface area contributed by atoms with Crippen LogP contribution in [0.15, 0.2) is 12.2 Å². The summed E-state index contributed by atoms with van der Waals surface area (Å²) in [6, 6.07) is 0. The molecule has 5 heteroatoms. The number of hydrogen-bond donors (Lipinski definition) is 1. The van der Waals surface area contributed by atoms with Crippen LogP contribution in [0.3, 0.4) is 0 Å². The molecule has 0 saturated carbocycles. The fraction of sp³-hybridized carbons (Fsp3) is 0.826. The molecule has 5 nitrogen and oxygen atoms in total. The van der Waals surface area contributed by atoms with Gasteiger partial charge in [-0.2, -0.15) is 0 Å². The first-order valence-electron chi connectivity index (χ1n) is 11.2. The van der Waals surface area contributed by atoms with Gasteiger partial charge in [-0.25, -0.2) is 0 Å². The molecule has 0 heterocycles. The van der Waals surface area contributed by atoms with Crippen LogP contribution in [-0.2, 0) is 19.1 Å². The molecule has 1 N–H and O–H groups in total. The van der Waals surface area contributed by atoms with Gasteiger partial charge in [0.2, 0.25) is 0 Å². The molecular formula is C23H42O5. The van der Waals surface area contributed by atoms with E-state index in [-0.39, 0.29) is 19.2 Å². The summed E-state index contributed by atoms with van der Waals surface area (Å²) in [7, 11) is 0. The smallest absolute Gasteiger partial charge is 0.305 e. The molecule has 0 aromatic rings. The minimum absolute atomic E-state index is 0.0833. The lowest BCUT2D eigenvalue weighted by atomic mass is 10.1. The van der Waals surface area contributed by atoms with Crippen LogP contribution >= 0.6 is 0 Å². The summed E-state index contributed by atoms with van der Waals surface area (Å²) in [5.41, 5.74) is 0. The van der Waals surface area contributed by atoms with Gasteiger partial charge in [0.05, 0.1) is 6.61 Å². The Hall–Kier alpha value is -1.36. The van der Waals surface area contributed by atoms with E-state index in [0.29, 0.717) is 6.42 Å². The molecule has 0 aliphatic heterocycles. The monoisotopic (exact) mass is 398 g/mol. The van der Waals surface area contributed by atoms with Gasteiger partial charge in [-0.05, 0) is 32.1 Å². The minimum atomic E-state index is -0.768. The van der Waals surface area contributed by atoms with Crippen LogP contribution < -0.4 is 0 Å². The van der Waals surface area contributed by atoms with Crippen molar-refractivity contribution in [3.05, 3.63) is 12.2 Å². The average Bonchev–Trinajstić information content (AvgIpc) is 2.67. The third-order valence-corrected chi connectivity index (χ3v) is 4.61. The molecule has 0 radical (unpaired) electrons. The van der Waals surface area contributed by atoms with Gasteiger partial charge in [-0.15, -0.1) is 0 Å². The molecule has 0 unspecified atom stereocenters. The number of unbranched alkanes of at least 4 members (excludes halogenated alkanes) is 11. The summed E-state index contributed by atoms with van der Waals surface area (Å²) >= 11 is 0. The molecule has 1 atom stereocenters. The van der Waals surface area contributed by atoms with Crippen LogP contribution in [-0.4, -0.2) is 36.4 Å². The first-order chi connectivity index (χ1) is 13.6. The topological polar surface area (TPSA) is 72.8 Å². The Morgan fingerprint density at radius 1 is 0.857 bits per heavy atom. The summed E-state index contributed by atoms with van der Waals surface area (Å²) in [6.45, 7) is 3.08. The number of esters is 2. The van der Waals surface area contributed by atoms with Crippen molar-refractivity contribution in [1.82, 2.24) is 0 Å². The Kier molecular flexibility index (Phi) is 19.4. The molecule has 28 heavy (non-hydrogen) atoms. The molecular weight excluding hydrogens is 356 g/mol. The summed E-state index contributed by atoms with van der Waals surface area (Å²) in [5.74, 6) is -0.796. The molecule has 0 aromatic carbocycles. The van der Waals surface area contributed by atoms with Gasteiger partial charge in [0.1, 0.15) is 6.61 Å². The maximum Gasteiger partial charge on any atom is 0.305 e. The predicted octanol–water partition coefficient (Wildman–Crippen LogP) is 5.49. The van der Waals surface area contributed by atoms with Crippen LogP contribution in [0, 0.1) is 0 Å². The van der Waals surface area contributed by atoms with Crippen molar-refractivity contribution in [2.45, 2.75) is 110 Å². The van der Waals surface area contributed by atoms with E-state index in [1.54, 1.807) is 0 Å². The van der Waals surface area contributed by atoms with Crippen LogP contribution in [0.2, 0.25) is 0 Å². The highest BCUT2D eigenvalue weighted by atomic mass is 16.6. The van der Waals surface area contributed by atoms with Crippen molar-refractivity contribution in [1.29, 1.82) is 0 Å². The molecule has 0 aliphatic rings. The highest BCUT2D eigenvalue weighted by molar-refractivity contribution is 5.69. The fourth-order valence-electron chi connectivity index (χ4n) is 2.96. The number of carbonyl (C=O) groups excluding carboxylic acids is 2. The van der Waals surface area contributed by atoms with Gasteiger partial charge in [-0.1, -0.05) is 70.4 Å². The summed E-state index contributed by atoms with van der Waals surface area (Å²) in [5, 5.41) is 9.03. The zero-order valence-corrected chi connectivity index (χ0v) is 18.1. The molecule has 0 aromatic heterocycles.